The van der Waals surface area contributed by atoms with Crippen LogP contribution in [0.3, 0.4) is 0 Å². The molecule has 0 unspecified atom stereocenters. The molecule has 0 aromatic heterocycles. The molecule has 0 spiro atoms. The molecule has 0 saturated heterocycles. The van der Waals surface area contributed by atoms with Gasteiger partial charge in [0.1, 0.15) is 19.0 Å². The van der Waals surface area contributed by atoms with Crippen molar-refractivity contribution < 1.29 is 9.13 Å². The minimum atomic E-state index is -0.573. The quantitative estimate of drug-likeness (QED) is 0.479. The molecule has 1 aromatic rings. The number of nitrogens with zero attached hydrogens (tertiary/aromatic N) is 2. The average Bonchev–Trinajstić information content (AvgIpc) is 2.42. The molecule has 0 fully saturated rings. The Bertz CT molecular complexity index is 466. The number of benzene rings is 1. The summed E-state index contributed by atoms with van der Waals surface area (Å²) in [6.07, 6.45) is 0.702. The van der Waals surface area contributed by atoms with Crippen molar-refractivity contribution in [1.29, 1.82) is 0 Å². The third-order valence-electron chi connectivity index (χ3n) is 2.31. The van der Waals surface area contributed by atoms with Crippen LogP contribution in [0.1, 0.15) is 18.9 Å². The molecule has 0 radical (unpaired) electrons. The minimum Gasteiger partial charge on any atom is -0.502 e. The second kappa shape index (κ2) is 7.28. The van der Waals surface area contributed by atoms with E-state index in [2.05, 4.69) is 9.84 Å². The lowest BCUT2D eigenvalue weighted by atomic mass is 10.2. The van der Waals surface area contributed by atoms with Crippen molar-refractivity contribution in [1.82, 2.24) is 0 Å². The summed E-state index contributed by atoms with van der Waals surface area (Å²) in [5.41, 5.74) is 6.86. The summed E-state index contributed by atoms with van der Waals surface area (Å²) in [4.78, 5) is 7.53. The van der Waals surface area contributed by atoms with E-state index in [0.29, 0.717) is 30.2 Å². The van der Waals surface area contributed by atoms with E-state index in [4.69, 9.17) is 17.0 Å². The molecular weight excluding hydrogens is 233 g/mol. The molecule has 0 atom stereocenters. The Morgan fingerprint density at radius 1 is 1.56 bits per heavy atom. The lowest BCUT2D eigenvalue weighted by Crippen LogP contribution is -2.09. The van der Waals surface area contributed by atoms with Crippen molar-refractivity contribution in [2.24, 2.45) is 10.7 Å². The standard InChI is InChI=1S/C13H16FN3O/c1-3-13(15)17-9-10-4-5-12(18-7-6-14)11(8-10)16-2/h4-5,8H,3,6-7,9H2,1H3,(H2,15,17). The molecule has 0 aliphatic heterocycles. The van der Waals surface area contributed by atoms with Crippen LogP contribution in [0, 0.1) is 6.57 Å². The van der Waals surface area contributed by atoms with Gasteiger partial charge in [-0.15, -0.1) is 0 Å². The van der Waals surface area contributed by atoms with E-state index in [9.17, 15) is 4.39 Å². The summed E-state index contributed by atoms with van der Waals surface area (Å²) in [7, 11) is 0. The first-order valence-electron chi connectivity index (χ1n) is 5.69. The predicted molar refractivity (Wildman–Crippen MR) is 69.8 cm³/mol. The highest BCUT2D eigenvalue weighted by molar-refractivity contribution is 5.79. The van der Waals surface area contributed by atoms with Gasteiger partial charge in [0.05, 0.1) is 19.0 Å². The van der Waals surface area contributed by atoms with Gasteiger partial charge in [-0.1, -0.05) is 13.0 Å². The van der Waals surface area contributed by atoms with Crippen LogP contribution in [0.25, 0.3) is 4.85 Å². The van der Waals surface area contributed by atoms with Gasteiger partial charge in [-0.3, -0.25) is 4.99 Å². The lowest BCUT2D eigenvalue weighted by molar-refractivity contribution is 0.274. The molecule has 0 aliphatic rings. The number of amidine groups is 1. The minimum absolute atomic E-state index is 0.0389. The first kappa shape index (κ1) is 14.0. The SMILES string of the molecule is [C-]#[N+]c1cc(CN=C(N)CC)ccc1OCCF. The van der Waals surface area contributed by atoms with E-state index in [0.717, 1.165) is 5.56 Å². The van der Waals surface area contributed by atoms with Gasteiger partial charge in [-0.25, -0.2) is 9.24 Å². The van der Waals surface area contributed by atoms with Crippen LogP contribution in [0.15, 0.2) is 23.2 Å². The van der Waals surface area contributed by atoms with Gasteiger partial charge in [0.15, 0.2) is 0 Å². The predicted octanol–water partition coefficient (Wildman–Crippen LogP) is 2.85. The Balaban J connectivity index is 2.82. The zero-order valence-corrected chi connectivity index (χ0v) is 10.3. The largest absolute Gasteiger partial charge is 0.502 e. The smallest absolute Gasteiger partial charge is 0.228 e. The molecule has 0 amide bonds. The molecular formula is C13H16FN3O. The van der Waals surface area contributed by atoms with Gasteiger partial charge in [-0.2, -0.15) is 0 Å². The molecule has 0 heterocycles. The number of rotatable bonds is 6. The molecule has 0 aliphatic carbocycles. The normalized spacial score (nSPS) is 11.1. The second-order valence-corrected chi connectivity index (χ2v) is 3.61. The maximum absolute atomic E-state index is 12.0. The molecule has 96 valence electrons. The van der Waals surface area contributed by atoms with Crippen LogP contribution in [-0.2, 0) is 6.54 Å². The van der Waals surface area contributed by atoms with E-state index in [1.54, 1.807) is 18.2 Å². The zero-order chi connectivity index (χ0) is 13.4. The van der Waals surface area contributed by atoms with Gasteiger partial charge in [0, 0.05) is 6.42 Å². The van der Waals surface area contributed by atoms with E-state index in [-0.39, 0.29) is 6.61 Å². The van der Waals surface area contributed by atoms with Crippen molar-refractivity contribution in [2.45, 2.75) is 19.9 Å². The third kappa shape index (κ3) is 4.06. The molecule has 4 nitrogen and oxygen atoms in total. The second-order valence-electron chi connectivity index (χ2n) is 3.61. The number of hydrogen-bond acceptors (Lipinski definition) is 2. The highest BCUT2D eigenvalue weighted by Gasteiger charge is 2.05. The fourth-order valence-corrected chi connectivity index (χ4v) is 1.32. The van der Waals surface area contributed by atoms with Crippen LogP contribution in [0.4, 0.5) is 10.1 Å². The van der Waals surface area contributed by atoms with Crippen molar-refractivity contribution >= 4 is 11.5 Å². The van der Waals surface area contributed by atoms with Gasteiger partial charge in [0.2, 0.25) is 5.69 Å². The maximum Gasteiger partial charge on any atom is 0.228 e. The van der Waals surface area contributed by atoms with Crippen LogP contribution in [0.2, 0.25) is 0 Å². The summed E-state index contributed by atoms with van der Waals surface area (Å²) >= 11 is 0. The van der Waals surface area contributed by atoms with Crippen molar-refractivity contribution in [3.63, 3.8) is 0 Å². The third-order valence-corrected chi connectivity index (χ3v) is 2.31. The Kier molecular flexibility index (Phi) is 5.65. The molecule has 1 rings (SSSR count). The van der Waals surface area contributed by atoms with Gasteiger partial charge in [-0.05, 0) is 17.7 Å². The number of alkyl halides is 1. The molecule has 5 heteroatoms. The Labute approximate surface area is 106 Å². The van der Waals surface area contributed by atoms with Crippen LogP contribution in [0.5, 0.6) is 5.75 Å². The fourth-order valence-electron chi connectivity index (χ4n) is 1.32. The van der Waals surface area contributed by atoms with Crippen molar-refractivity contribution in [3.8, 4) is 5.75 Å². The Morgan fingerprint density at radius 3 is 2.94 bits per heavy atom. The molecule has 0 saturated carbocycles. The highest BCUT2D eigenvalue weighted by atomic mass is 19.1. The number of hydrogen-bond donors (Lipinski definition) is 1. The number of halogens is 1. The summed E-state index contributed by atoms with van der Waals surface area (Å²) in [5, 5.41) is 0. The van der Waals surface area contributed by atoms with Gasteiger partial charge < -0.3 is 10.5 Å². The summed E-state index contributed by atoms with van der Waals surface area (Å²) in [6, 6.07) is 5.15. The average molecular weight is 249 g/mol. The number of aliphatic imine (C=N–C) groups is 1. The fraction of sp³-hybridized carbons (Fsp3) is 0.385. The highest BCUT2D eigenvalue weighted by Crippen LogP contribution is 2.29. The zero-order valence-electron chi connectivity index (χ0n) is 10.3. The van der Waals surface area contributed by atoms with E-state index < -0.39 is 6.67 Å². The maximum atomic E-state index is 12.0. The van der Waals surface area contributed by atoms with Crippen LogP contribution >= 0.6 is 0 Å². The first-order chi connectivity index (χ1) is 8.71. The summed E-state index contributed by atoms with van der Waals surface area (Å²) in [5.74, 6) is 0.982. The lowest BCUT2D eigenvalue weighted by Gasteiger charge is -2.07. The summed E-state index contributed by atoms with van der Waals surface area (Å²) in [6.45, 7) is 8.81. The molecule has 18 heavy (non-hydrogen) atoms. The number of ether oxygens (including phenoxy) is 1. The molecule has 0 bridgehead atoms. The molecule has 1 aromatic carbocycles. The topological polar surface area (TPSA) is 52.0 Å². The van der Waals surface area contributed by atoms with Crippen LogP contribution in [-0.4, -0.2) is 19.1 Å². The van der Waals surface area contributed by atoms with Gasteiger partial charge in [0.25, 0.3) is 0 Å². The first-order valence-corrected chi connectivity index (χ1v) is 5.69. The van der Waals surface area contributed by atoms with Gasteiger partial charge >= 0.3 is 0 Å². The number of nitrogens with two attached hydrogens (primary N) is 1. The Morgan fingerprint density at radius 2 is 2.33 bits per heavy atom. The van der Waals surface area contributed by atoms with E-state index >= 15 is 0 Å². The summed E-state index contributed by atoms with van der Waals surface area (Å²) < 4.78 is 17.1. The van der Waals surface area contributed by atoms with Crippen LogP contribution < -0.4 is 10.5 Å². The van der Waals surface area contributed by atoms with E-state index in [1.807, 2.05) is 6.92 Å². The Hall–Kier alpha value is -2.09. The monoisotopic (exact) mass is 249 g/mol. The van der Waals surface area contributed by atoms with E-state index in [1.165, 1.54) is 0 Å². The molecule has 2 N–H and O–H groups in total. The van der Waals surface area contributed by atoms with Crippen molar-refractivity contribution in [2.75, 3.05) is 13.3 Å². The van der Waals surface area contributed by atoms with Crippen molar-refractivity contribution in [3.05, 3.63) is 35.2 Å².